The summed E-state index contributed by atoms with van der Waals surface area (Å²) in [4.78, 5) is 22.1. The third-order valence-corrected chi connectivity index (χ3v) is 5.54. The number of carbonyl (C=O) groups excluding carboxylic acids is 1. The van der Waals surface area contributed by atoms with Crippen LogP contribution in [0, 0.1) is 16.7 Å². The minimum atomic E-state index is -0.744. The van der Waals surface area contributed by atoms with Gasteiger partial charge in [-0.3, -0.25) is 9.48 Å². The number of H-pyrrole nitrogens is 1. The van der Waals surface area contributed by atoms with Gasteiger partial charge in [-0.2, -0.15) is 10.4 Å². The molecule has 1 aliphatic carbocycles. The first-order chi connectivity index (χ1) is 12.2. The second-order valence-corrected chi connectivity index (χ2v) is 7.13. The van der Waals surface area contributed by atoms with Crippen molar-refractivity contribution in [3.63, 3.8) is 0 Å². The molecule has 3 aromatic heterocycles. The fourth-order valence-electron chi connectivity index (χ4n) is 3.96. The molecule has 0 aromatic carbocycles. The fourth-order valence-corrected chi connectivity index (χ4v) is 3.96. The Labute approximate surface area is 144 Å². The topological polar surface area (TPSA) is 90.6 Å². The molecule has 1 N–H and O–H groups in total. The van der Waals surface area contributed by atoms with E-state index in [9.17, 15) is 10.1 Å². The molecule has 25 heavy (non-hydrogen) atoms. The summed E-state index contributed by atoms with van der Waals surface area (Å²) in [7, 11) is 0. The molecule has 5 rings (SSSR count). The molecular formula is C18H18N6O. The zero-order valence-electron chi connectivity index (χ0n) is 13.8. The van der Waals surface area contributed by atoms with E-state index >= 15 is 0 Å². The molecule has 1 aliphatic heterocycles. The normalized spacial score (nSPS) is 22.2. The van der Waals surface area contributed by atoms with E-state index in [1.165, 1.54) is 0 Å². The Morgan fingerprint density at radius 1 is 1.40 bits per heavy atom. The van der Waals surface area contributed by atoms with Crippen LogP contribution in [-0.2, 0) is 4.79 Å². The summed E-state index contributed by atoms with van der Waals surface area (Å²) >= 11 is 0. The van der Waals surface area contributed by atoms with Gasteiger partial charge < -0.3 is 9.88 Å². The molecule has 4 heterocycles. The van der Waals surface area contributed by atoms with Gasteiger partial charge >= 0.3 is 0 Å². The third-order valence-electron chi connectivity index (χ3n) is 5.54. The predicted octanol–water partition coefficient (Wildman–Crippen LogP) is 2.38. The van der Waals surface area contributed by atoms with E-state index in [0.29, 0.717) is 19.4 Å². The number of likely N-dealkylation sites (tertiary alicyclic amines) is 1. The standard InChI is InChI=1S/C18H18N6O/c19-11-18(4-5-18)17(25)23-7-1-2-13(10-23)24-15-12(9-22-24)8-21-16-14(15)3-6-20-16/h3,6,8-9,13H,1-2,4-5,7,10H2,(H,20,21)/t13-/m1/s1. The average Bonchev–Trinajstić information content (AvgIpc) is 3.10. The lowest BCUT2D eigenvalue weighted by atomic mass is 10.0. The van der Waals surface area contributed by atoms with E-state index in [2.05, 4.69) is 21.1 Å². The van der Waals surface area contributed by atoms with Crippen molar-refractivity contribution in [1.29, 1.82) is 5.26 Å². The second-order valence-electron chi connectivity index (χ2n) is 7.13. The van der Waals surface area contributed by atoms with Crippen molar-refractivity contribution in [3.8, 4) is 6.07 Å². The Bertz CT molecular complexity index is 1020. The molecule has 0 spiro atoms. The number of pyridine rings is 1. The summed E-state index contributed by atoms with van der Waals surface area (Å²) < 4.78 is 2.04. The maximum absolute atomic E-state index is 12.7. The van der Waals surface area contributed by atoms with Gasteiger partial charge in [0.15, 0.2) is 0 Å². The zero-order valence-corrected chi connectivity index (χ0v) is 13.8. The van der Waals surface area contributed by atoms with Crippen LogP contribution in [0.4, 0.5) is 0 Å². The first kappa shape index (κ1) is 14.5. The van der Waals surface area contributed by atoms with Crippen LogP contribution in [0.2, 0.25) is 0 Å². The molecule has 1 saturated carbocycles. The lowest BCUT2D eigenvalue weighted by molar-refractivity contribution is -0.136. The van der Waals surface area contributed by atoms with Crippen molar-refractivity contribution >= 4 is 27.8 Å². The molecule has 1 amide bonds. The second kappa shape index (κ2) is 5.06. The first-order valence-electron chi connectivity index (χ1n) is 8.72. The fraction of sp³-hybridized carbons (Fsp3) is 0.444. The molecule has 1 atom stereocenters. The van der Waals surface area contributed by atoms with E-state index in [-0.39, 0.29) is 11.9 Å². The van der Waals surface area contributed by atoms with Gasteiger partial charge in [0.25, 0.3) is 0 Å². The summed E-state index contributed by atoms with van der Waals surface area (Å²) in [6.45, 7) is 1.35. The maximum Gasteiger partial charge on any atom is 0.243 e. The van der Waals surface area contributed by atoms with Gasteiger partial charge in [0.05, 0.1) is 23.8 Å². The number of hydrogen-bond acceptors (Lipinski definition) is 4. The number of fused-ring (bicyclic) bond motifs is 3. The number of rotatable bonds is 2. The molecule has 0 bridgehead atoms. The van der Waals surface area contributed by atoms with Crippen LogP contribution >= 0.6 is 0 Å². The van der Waals surface area contributed by atoms with Gasteiger partial charge in [-0.05, 0) is 31.7 Å². The van der Waals surface area contributed by atoms with Crippen molar-refractivity contribution in [1.82, 2.24) is 24.6 Å². The highest BCUT2D eigenvalue weighted by atomic mass is 16.2. The van der Waals surface area contributed by atoms with E-state index < -0.39 is 5.41 Å². The van der Waals surface area contributed by atoms with Crippen molar-refractivity contribution in [3.05, 3.63) is 24.7 Å². The Morgan fingerprint density at radius 3 is 3.08 bits per heavy atom. The van der Waals surface area contributed by atoms with E-state index in [0.717, 1.165) is 41.3 Å². The zero-order chi connectivity index (χ0) is 17.0. The average molecular weight is 334 g/mol. The van der Waals surface area contributed by atoms with Crippen LogP contribution in [0.5, 0.6) is 0 Å². The van der Waals surface area contributed by atoms with E-state index in [1.807, 2.05) is 34.2 Å². The monoisotopic (exact) mass is 334 g/mol. The Balaban J connectivity index is 1.51. The van der Waals surface area contributed by atoms with Crippen LogP contribution in [-0.4, -0.2) is 43.6 Å². The summed E-state index contributed by atoms with van der Waals surface area (Å²) in [5.41, 5.74) is 1.16. The van der Waals surface area contributed by atoms with Crippen LogP contribution in [0.3, 0.4) is 0 Å². The number of amides is 1. The number of aromatic amines is 1. The van der Waals surface area contributed by atoms with Crippen LogP contribution in [0.1, 0.15) is 31.7 Å². The number of nitrogens with one attached hydrogen (secondary N) is 1. The molecule has 2 aliphatic rings. The minimum Gasteiger partial charge on any atom is -0.346 e. The highest BCUT2D eigenvalue weighted by Gasteiger charge is 2.53. The Kier molecular flexibility index (Phi) is 2.93. The minimum absolute atomic E-state index is 0.00428. The van der Waals surface area contributed by atoms with Crippen molar-refractivity contribution in [2.45, 2.75) is 31.7 Å². The number of aromatic nitrogens is 4. The first-order valence-corrected chi connectivity index (χ1v) is 8.72. The molecule has 0 unspecified atom stereocenters. The molecule has 7 heteroatoms. The van der Waals surface area contributed by atoms with Gasteiger partial charge in [0, 0.05) is 36.3 Å². The van der Waals surface area contributed by atoms with Gasteiger partial charge in [0.1, 0.15) is 11.1 Å². The largest absolute Gasteiger partial charge is 0.346 e. The number of carbonyl (C=O) groups is 1. The van der Waals surface area contributed by atoms with Crippen LogP contribution < -0.4 is 0 Å². The highest BCUT2D eigenvalue weighted by Crippen LogP contribution is 2.47. The third kappa shape index (κ3) is 2.07. The van der Waals surface area contributed by atoms with Crippen LogP contribution in [0.25, 0.3) is 21.9 Å². The van der Waals surface area contributed by atoms with Gasteiger partial charge in [0.2, 0.25) is 5.91 Å². The van der Waals surface area contributed by atoms with E-state index in [4.69, 9.17) is 0 Å². The molecular weight excluding hydrogens is 316 g/mol. The Morgan fingerprint density at radius 2 is 2.28 bits per heavy atom. The lowest BCUT2D eigenvalue weighted by Crippen LogP contribution is -2.44. The van der Waals surface area contributed by atoms with Crippen molar-refractivity contribution in [2.24, 2.45) is 5.41 Å². The van der Waals surface area contributed by atoms with E-state index in [1.54, 1.807) is 0 Å². The van der Waals surface area contributed by atoms with Crippen LogP contribution in [0.15, 0.2) is 24.7 Å². The lowest BCUT2D eigenvalue weighted by Gasteiger charge is -2.34. The Hall–Kier alpha value is -2.88. The SMILES string of the molecule is N#CC1(C(=O)N2CCC[C@@H](n3ncc4cnc5[nH]ccc5c43)C2)CC1. The molecule has 2 fully saturated rings. The van der Waals surface area contributed by atoms with Crippen molar-refractivity contribution < 1.29 is 4.79 Å². The quantitative estimate of drug-likeness (QED) is 0.779. The summed E-state index contributed by atoms with van der Waals surface area (Å²) in [5, 5.41) is 16.0. The number of nitrogens with zero attached hydrogens (tertiary/aromatic N) is 5. The summed E-state index contributed by atoms with van der Waals surface area (Å²) in [6, 6.07) is 4.37. The molecule has 3 aromatic rings. The van der Waals surface area contributed by atoms with Crippen molar-refractivity contribution in [2.75, 3.05) is 13.1 Å². The number of nitriles is 1. The van der Waals surface area contributed by atoms with Gasteiger partial charge in [-0.1, -0.05) is 0 Å². The highest BCUT2D eigenvalue weighted by molar-refractivity contribution is 6.02. The molecule has 126 valence electrons. The smallest absolute Gasteiger partial charge is 0.243 e. The number of hydrogen-bond donors (Lipinski definition) is 1. The predicted molar refractivity (Wildman–Crippen MR) is 91.5 cm³/mol. The van der Waals surface area contributed by atoms with Gasteiger partial charge in [-0.25, -0.2) is 4.98 Å². The molecule has 7 nitrogen and oxygen atoms in total. The number of piperidine rings is 1. The summed E-state index contributed by atoms with van der Waals surface area (Å²) in [6.07, 6.45) is 8.86. The van der Waals surface area contributed by atoms with Gasteiger partial charge in [-0.15, -0.1) is 0 Å². The molecule has 0 radical (unpaired) electrons. The summed E-state index contributed by atoms with van der Waals surface area (Å²) in [5.74, 6) is 0.00428. The maximum atomic E-state index is 12.7. The molecule has 1 saturated heterocycles.